The second-order valence-electron chi connectivity index (χ2n) is 19.8. The van der Waals surface area contributed by atoms with Gasteiger partial charge in [-0.1, -0.05) is 13.8 Å². The lowest BCUT2D eigenvalue weighted by atomic mass is 9.89. The van der Waals surface area contributed by atoms with Crippen LogP contribution in [-0.4, -0.2) is 289 Å². The highest BCUT2D eigenvalue weighted by molar-refractivity contribution is 5.79. The molecule has 0 aromatic rings. The third-order valence-corrected chi connectivity index (χ3v) is 14.6. The summed E-state index contributed by atoms with van der Waals surface area (Å²) in [6, 6.07) is -2.65. The first-order valence-corrected chi connectivity index (χ1v) is 25.0. The zero-order valence-electron chi connectivity index (χ0n) is 42.4. The summed E-state index contributed by atoms with van der Waals surface area (Å²) in [5.74, 6) is -3.20. The number of hydrogen-bond donors (Lipinski definition) is 15. The summed E-state index contributed by atoms with van der Waals surface area (Å²) in [7, 11) is 0. The lowest BCUT2D eigenvalue weighted by molar-refractivity contribution is -0.392. The number of amides is 1. The van der Waals surface area contributed by atoms with Gasteiger partial charge in [0.05, 0.1) is 56.8 Å². The van der Waals surface area contributed by atoms with Gasteiger partial charge < -0.3 is 134 Å². The Labute approximate surface area is 431 Å². The highest BCUT2D eigenvalue weighted by atomic mass is 16.8. The normalized spacial score (nSPS) is 49.2. The van der Waals surface area contributed by atoms with Gasteiger partial charge in [-0.2, -0.15) is 0 Å². The van der Waals surface area contributed by atoms with Crippen molar-refractivity contribution in [2.75, 3.05) is 33.0 Å². The molecule has 0 bridgehead atoms. The first kappa shape index (κ1) is 62.1. The molecule has 6 fully saturated rings. The lowest BCUT2D eigenvalue weighted by Gasteiger charge is -2.51. The Balaban J connectivity index is 1.40. The fourth-order valence-electron chi connectivity index (χ4n) is 9.82. The Bertz CT molecular complexity index is 1800. The van der Waals surface area contributed by atoms with Gasteiger partial charge in [-0.05, 0) is 27.7 Å². The molecule has 0 aromatic heterocycles. The molecule has 6 saturated heterocycles. The average molecular weight is 1100 g/mol. The third-order valence-electron chi connectivity index (χ3n) is 14.6. The molecule has 1 amide bonds. The summed E-state index contributed by atoms with van der Waals surface area (Å²) in [5.41, 5.74) is 5.67. The summed E-state index contributed by atoms with van der Waals surface area (Å²) in [5, 5.41) is 144. The van der Waals surface area contributed by atoms with E-state index < -0.39 is 228 Å². The second kappa shape index (κ2) is 26.9. The predicted molar refractivity (Wildman–Crippen MR) is 241 cm³/mol. The van der Waals surface area contributed by atoms with Crippen LogP contribution in [0.1, 0.15) is 48.5 Å². The van der Waals surface area contributed by atoms with Crippen LogP contribution < -0.4 is 11.1 Å². The molecule has 436 valence electrons. The first-order valence-electron chi connectivity index (χ1n) is 25.0. The Morgan fingerprint density at radius 2 is 1.00 bits per heavy atom. The molecule has 30 heteroatoms. The second-order valence-corrected chi connectivity index (χ2v) is 19.8. The fraction of sp³-hybridized carbons (Fsp3) is 0.956. The highest BCUT2D eigenvalue weighted by Gasteiger charge is 2.58. The fourth-order valence-corrected chi connectivity index (χ4v) is 9.82. The molecule has 16 N–H and O–H groups in total. The van der Waals surface area contributed by atoms with E-state index in [1.165, 1.54) is 13.8 Å². The van der Waals surface area contributed by atoms with Gasteiger partial charge >= 0.3 is 5.97 Å². The molecule has 0 spiro atoms. The van der Waals surface area contributed by atoms with Crippen molar-refractivity contribution in [1.82, 2.24) is 5.32 Å². The van der Waals surface area contributed by atoms with E-state index in [1.807, 2.05) is 0 Å². The number of aliphatic hydroxyl groups excluding tert-OH is 13. The number of aliphatic hydroxyl groups is 13. The monoisotopic (exact) mass is 1090 g/mol. The molecule has 6 aliphatic heterocycles. The maximum atomic E-state index is 12.9. The number of hydrogen-bond acceptors (Lipinski definition) is 29. The van der Waals surface area contributed by atoms with Crippen LogP contribution in [0.25, 0.3) is 0 Å². The van der Waals surface area contributed by atoms with E-state index in [1.54, 1.807) is 27.7 Å². The molecule has 31 atom stereocenters. The Morgan fingerprint density at radius 3 is 1.57 bits per heavy atom. The topological polar surface area (TPSA) is 455 Å². The molecular weight excluding hydrogens is 1020 g/mol. The van der Waals surface area contributed by atoms with Crippen molar-refractivity contribution in [1.29, 1.82) is 0 Å². The van der Waals surface area contributed by atoms with Crippen LogP contribution in [0.15, 0.2) is 0 Å². The van der Waals surface area contributed by atoms with Crippen molar-refractivity contribution in [2.24, 2.45) is 17.6 Å². The summed E-state index contributed by atoms with van der Waals surface area (Å²) in [4.78, 5) is 25.4. The molecule has 6 heterocycles. The van der Waals surface area contributed by atoms with Crippen molar-refractivity contribution in [3.8, 4) is 0 Å². The van der Waals surface area contributed by atoms with Gasteiger partial charge in [0.25, 0.3) is 0 Å². The van der Waals surface area contributed by atoms with Gasteiger partial charge in [-0.3, -0.25) is 14.9 Å². The molecule has 0 aliphatic carbocycles. The van der Waals surface area contributed by atoms with E-state index in [0.717, 1.165) is 6.92 Å². The molecule has 6 aliphatic rings. The third kappa shape index (κ3) is 13.7. The maximum absolute atomic E-state index is 12.9. The zero-order chi connectivity index (χ0) is 55.5. The van der Waals surface area contributed by atoms with Crippen molar-refractivity contribution in [3.05, 3.63) is 0 Å². The largest absolute Gasteiger partial charge is 0.454 e. The zero-order valence-corrected chi connectivity index (χ0v) is 42.4. The molecule has 13 unspecified atom stereocenters. The van der Waals surface area contributed by atoms with Gasteiger partial charge in [0.1, 0.15) is 104 Å². The van der Waals surface area contributed by atoms with Gasteiger partial charge in [-0.15, -0.1) is 0 Å². The number of carbonyl (C=O) groups is 2. The van der Waals surface area contributed by atoms with E-state index in [0.29, 0.717) is 0 Å². The van der Waals surface area contributed by atoms with Crippen LogP contribution in [0, 0.1) is 11.8 Å². The van der Waals surface area contributed by atoms with E-state index >= 15 is 0 Å². The van der Waals surface area contributed by atoms with Crippen molar-refractivity contribution < 1.29 is 138 Å². The average Bonchev–Trinajstić information content (AvgIpc) is 3.37. The van der Waals surface area contributed by atoms with E-state index in [4.69, 9.17) is 67.3 Å². The lowest BCUT2D eigenvalue weighted by Crippen LogP contribution is -2.71. The van der Waals surface area contributed by atoms with Crippen LogP contribution in [0.3, 0.4) is 0 Å². The number of nitrogens with two attached hydrogens (primary N) is 1. The van der Waals surface area contributed by atoms with Crippen molar-refractivity contribution in [3.63, 3.8) is 0 Å². The first-order chi connectivity index (χ1) is 35.4. The number of carbonyl (C=O) groups excluding carboxylic acids is 2. The van der Waals surface area contributed by atoms with Crippen LogP contribution in [0.2, 0.25) is 0 Å². The van der Waals surface area contributed by atoms with E-state index in [2.05, 4.69) is 5.32 Å². The van der Waals surface area contributed by atoms with Crippen molar-refractivity contribution >= 4 is 11.9 Å². The number of nitrogens with one attached hydrogen (secondary N) is 1. The van der Waals surface area contributed by atoms with E-state index in [-0.39, 0.29) is 6.61 Å². The van der Waals surface area contributed by atoms with E-state index in [9.17, 15) is 76.0 Å². The van der Waals surface area contributed by atoms with Crippen LogP contribution in [0.5, 0.6) is 0 Å². The number of esters is 1. The molecule has 6 rings (SSSR count). The number of primary amides is 1. The van der Waals surface area contributed by atoms with Gasteiger partial charge in [0.15, 0.2) is 43.8 Å². The summed E-state index contributed by atoms with van der Waals surface area (Å²) in [6.45, 7) is 6.98. The maximum Gasteiger partial charge on any atom is 0.303 e. The smallest absolute Gasteiger partial charge is 0.303 e. The quantitative estimate of drug-likeness (QED) is 0.0504. The Morgan fingerprint density at radius 1 is 0.493 bits per heavy atom. The molecule has 0 saturated carbocycles. The SMILES string of the molecule is CCO[C@H]1OC(CO)[C@H](O[C@H]2OC(CO)[C@@H](O)[C@H](O)C2O)[C@H](O[C@@H]2OC(CO[C@H]3OC(CO)[C@@H](O)[C@H](O)C3O)[C@@H](O)[C@H](O[C@@H]3OC(C)[C@H](C)[C@H](O[C@@H]4OC(C)[C@H](O)[C@H](O)C4C)C3OC(C)=O)C2O)C1NC(C)C(N)=O. The van der Waals surface area contributed by atoms with Crippen LogP contribution >= 0.6 is 0 Å². The molecular formula is C45H78N2O28. The highest BCUT2D eigenvalue weighted by Crippen LogP contribution is 2.39. The van der Waals surface area contributed by atoms with Crippen molar-refractivity contribution in [2.45, 2.75) is 226 Å². The summed E-state index contributed by atoms with van der Waals surface area (Å²) in [6.07, 6.45) is -44.3. The number of rotatable bonds is 20. The Kier molecular flexibility index (Phi) is 22.3. The summed E-state index contributed by atoms with van der Waals surface area (Å²) < 4.78 is 78.7. The minimum Gasteiger partial charge on any atom is -0.454 e. The minimum absolute atomic E-state index is 0.0566. The summed E-state index contributed by atoms with van der Waals surface area (Å²) >= 11 is 0. The molecule has 0 radical (unpaired) electrons. The van der Waals surface area contributed by atoms with Crippen LogP contribution in [-0.2, 0) is 71.2 Å². The number of ether oxygens (including phenoxy) is 13. The minimum atomic E-state index is -2.17. The molecule has 0 aromatic carbocycles. The van der Waals surface area contributed by atoms with Gasteiger partial charge in [-0.25, -0.2) is 0 Å². The van der Waals surface area contributed by atoms with Crippen LogP contribution in [0.4, 0.5) is 0 Å². The standard InChI is InChI=1S/C45H78N2O28/c1-8-63-41-23(47-15(4)39(46)62)36(35(21(11-50)70-41)73-43-32(60)30(58)27(55)20(10-49)69-43)74-44-33(61)37(28(56)22(71-44)12-64-42-31(59)29(57)26(54)19(9-48)68-42)75-45-38(67-18(7)51)34(13(2)16(5)65-45)72-40-14(3)24(52)25(53)17(6)66-40/h13-17,19-38,40-45,47-50,52-61H,8-12H2,1-7H3,(H2,46,62)/t13-,14?,15?,16?,17?,19?,20?,21?,22?,23?,24+,25-,26+,27+,28+,29-,30-,31?,32?,33?,34-,35-,36+,37-,38?,40-,41-,42-,43+,44-,45-/m0/s1. The van der Waals surface area contributed by atoms with Gasteiger partial charge in [0.2, 0.25) is 5.91 Å². The predicted octanol–water partition coefficient (Wildman–Crippen LogP) is -8.41. The Hall–Kier alpha value is -2.10. The molecule has 75 heavy (non-hydrogen) atoms. The molecule has 30 nitrogen and oxygen atoms in total. The van der Waals surface area contributed by atoms with Gasteiger partial charge in [0, 0.05) is 25.4 Å².